The molecule has 0 spiro atoms. The van der Waals surface area contributed by atoms with E-state index in [1.807, 2.05) is 19.1 Å². The van der Waals surface area contributed by atoms with Crippen LogP contribution in [0, 0.1) is 0 Å². The minimum Gasteiger partial charge on any atom is -0.384 e. The van der Waals surface area contributed by atoms with Crippen molar-refractivity contribution in [3.05, 3.63) is 61.3 Å². The van der Waals surface area contributed by atoms with Crippen LogP contribution in [0.15, 0.2) is 33.9 Å². The van der Waals surface area contributed by atoms with E-state index in [0.717, 1.165) is 14.7 Å². The highest BCUT2D eigenvalue weighted by Crippen LogP contribution is 2.33. The summed E-state index contributed by atoms with van der Waals surface area (Å²) in [6, 6.07) is 7.38. The Bertz CT molecular complexity index is 918. The fourth-order valence-corrected chi connectivity index (χ4v) is 3.77. The lowest BCUT2D eigenvalue weighted by Gasteiger charge is -2.18. The first-order valence-corrected chi connectivity index (χ1v) is 8.97. The van der Waals surface area contributed by atoms with Gasteiger partial charge in [0.2, 0.25) is 0 Å². The Morgan fingerprint density at radius 1 is 1.12 bits per heavy atom. The summed E-state index contributed by atoms with van der Waals surface area (Å²) in [7, 11) is 2.76. The first kappa shape index (κ1) is 19.3. The van der Waals surface area contributed by atoms with Crippen LogP contribution in [-0.2, 0) is 14.1 Å². The second-order valence-electron chi connectivity index (χ2n) is 5.80. The van der Waals surface area contributed by atoms with Crippen LogP contribution in [0.1, 0.15) is 35.0 Å². The fraction of sp³-hybridized carbons (Fsp3) is 0.353. The number of halogens is 1. The standard InChI is InChI=1S/C17H20ClN3O3S/c1-9(11-5-7-12(18)8-6-11)25-10(2)14(22)13-15(19)20(3)17(24)21(4)16(13)23/h5-10H,19H2,1-4H3. The summed E-state index contributed by atoms with van der Waals surface area (Å²) in [5.74, 6) is -0.496. The molecule has 0 aliphatic carbocycles. The molecule has 0 aliphatic rings. The Morgan fingerprint density at radius 2 is 1.68 bits per heavy atom. The number of aromatic nitrogens is 2. The van der Waals surface area contributed by atoms with E-state index in [2.05, 4.69) is 0 Å². The van der Waals surface area contributed by atoms with Gasteiger partial charge in [-0.2, -0.15) is 0 Å². The van der Waals surface area contributed by atoms with E-state index in [1.54, 1.807) is 19.1 Å². The molecule has 0 saturated carbocycles. The Labute approximate surface area is 154 Å². The van der Waals surface area contributed by atoms with E-state index in [9.17, 15) is 14.4 Å². The van der Waals surface area contributed by atoms with Crippen molar-refractivity contribution in [3.8, 4) is 0 Å². The van der Waals surface area contributed by atoms with E-state index in [1.165, 1.54) is 25.9 Å². The summed E-state index contributed by atoms with van der Waals surface area (Å²) in [4.78, 5) is 37.0. The van der Waals surface area contributed by atoms with Crippen molar-refractivity contribution in [2.45, 2.75) is 24.3 Å². The normalized spacial score (nSPS) is 13.5. The maximum Gasteiger partial charge on any atom is 0.332 e. The van der Waals surface area contributed by atoms with Gasteiger partial charge in [0, 0.05) is 24.4 Å². The molecule has 0 amide bonds. The Hall–Kier alpha value is -1.99. The number of carbonyl (C=O) groups is 1. The number of nitrogens with two attached hydrogens (primary N) is 1. The van der Waals surface area contributed by atoms with Crippen LogP contribution in [0.5, 0.6) is 0 Å². The van der Waals surface area contributed by atoms with Crippen molar-refractivity contribution < 1.29 is 4.79 Å². The molecule has 1 aromatic heterocycles. The van der Waals surface area contributed by atoms with Gasteiger partial charge in [0.25, 0.3) is 5.56 Å². The number of nitrogen functional groups attached to an aromatic ring is 1. The molecule has 8 heteroatoms. The van der Waals surface area contributed by atoms with Crippen molar-refractivity contribution in [2.24, 2.45) is 14.1 Å². The molecule has 0 aliphatic heterocycles. The average molecular weight is 382 g/mol. The van der Waals surface area contributed by atoms with Crippen LogP contribution in [0.2, 0.25) is 5.02 Å². The molecule has 0 saturated heterocycles. The van der Waals surface area contributed by atoms with Crippen LogP contribution in [0.25, 0.3) is 0 Å². The van der Waals surface area contributed by atoms with E-state index in [4.69, 9.17) is 17.3 Å². The Balaban J connectivity index is 2.30. The molecule has 2 unspecified atom stereocenters. The maximum atomic E-state index is 12.8. The van der Waals surface area contributed by atoms with E-state index in [-0.39, 0.29) is 22.4 Å². The molecule has 0 radical (unpaired) electrons. The van der Waals surface area contributed by atoms with Gasteiger partial charge in [0.05, 0.1) is 5.25 Å². The van der Waals surface area contributed by atoms with Gasteiger partial charge in [-0.15, -0.1) is 11.8 Å². The number of rotatable bonds is 5. The molecule has 2 atom stereocenters. The number of Topliss-reactive ketones (excluding diaryl/α,β-unsaturated/α-hetero) is 1. The van der Waals surface area contributed by atoms with E-state index < -0.39 is 16.5 Å². The van der Waals surface area contributed by atoms with E-state index >= 15 is 0 Å². The second kappa shape index (κ2) is 7.49. The minimum atomic E-state index is -0.669. The number of hydrogen-bond donors (Lipinski definition) is 1. The average Bonchev–Trinajstić information content (AvgIpc) is 2.58. The predicted octanol–water partition coefficient (Wildman–Crippen LogP) is 2.39. The first-order chi connectivity index (χ1) is 11.6. The van der Waals surface area contributed by atoms with Gasteiger partial charge in [-0.1, -0.05) is 23.7 Å². The highest BCUT2D eigenvalue weighted by Gasteiger charge is 2.26. The van der Waals surface area contributed by atoms with Crippen molar-refractivity contribution in [1.82, 2.24) is 9.13 Å². The number of benzene rings is 1. The number of anilines is 1. The lowest BCUT2D eigenvalue weighted by molar-refractivity contribution is 0.0992. The summed E-state index contributed by atoms with van der Waals surface area (Å²) in [5, 5.41) is 0.165. The summed E-state index contributed by atoms with van der Waals surface area (Å²) < 4.78 is 2.00. The predicted molar refractivity (Wildman–Crippen MR) is 103 cm³/mol. The monoisotopic (exact) mass is 381 g/mol. The second-order valence-corrected chi connectivity index (χ2v) is 7.93. The molecule has 134 valence electrons. The van der Waals surface area contributed by atoms with Crippen molar-refractivity contribution >= 4 is 35.0 Å². The zero-order valence-corrected chi connectivity index (χ0v) is 16.0. The third-order valence-corrected chi connectivity index (χ3v) is 5.63. The number of hydrogen-bond acceptors (Lipinski definition) is 5. The fourth-order valence-electron chi connectivity index (χ4n) is 2.48. The zero-order valence-electron chi connectivity index (χ0n) is 14.4. The first-order valence-electron chi connectivity index (χ1n) is 7.65. The molecule has 2 rings (SSSR count). The van der Waals surface area contributed by atoms with Gasteiger partial charge in [0.1, 0.15) is 11.4 Å². The van der Waals surface area contributed by atoms with Crippen LogP contribution in [0.3, 0.4) is 0 Å². The minimum absolute atomic E-state index is 0.0221. The summed E-state index contributed by atoms with van der Waals surface area (Å²) in [6.45, 7) is 3.70. The van der Waals surface area contributed by atoms with Gasteiger partial charge >= 0.3 is 5.69 Å². The lowest BCUT2D eigenvalue weighted by Crippen LogP contribution is -2.42. The Kier molecular flexibility index (Phi) is 5.80. The summed E-state index contributed by atoms with van der Waals surface area (Å²) in [5.41, 5.74) is 5.50. The van der Waals surface area contributed by atoms with Gasteiger partial charge < -0.3 is 5.73 Å². The van der Waals surface area contributed by atoms with E-state index in [0.29, 0.717) is 5.02 Å². The number of thioether (sulfide) groups is 1. The molecule has 1 heterocycles. The maximum absolute atomic E-state index is 12.8. The third-order valence-electron chi connectivity index (χ3n) is 4.07. The van der Waals surface area contributed by atoms with Crippen molar-refractivity contribution in [2.75, 3.05) is 5.73 Å². The summed E-state index contributed by atoms with van der Waals surface area (Å²) >= 11 is 7.30. The molecule has 0 bridgehead atoms. The van der Waals surface area contributed by atoms with Gasteiger partial charge in [-0.05, 0) is 31.5 Å². The lowest BCUT2D eigenvalue weighted by atomic mass is 10.1. The van der Waals surface area contributed by atoms with Crippen LogP contribution >= 0.6 is 23.4 Å². The highest BCUT2D eigenvalue weighted by atomic mass is 35.5. The summed E-state index contributed by atoms with van der Waals surface area (Å²) in [6.07, 6.45) is 0. The van der Waals surface area contributed by atoms with Crippen molar-refractivity contribution in [3.63, 3.8) is 0 Å². The number of nitrogens with zero attached hydrogens (tertiary/aromatic N) is 2. The number of carbonyl (C=O) groups excluding carboxylic acids is 1. The highest BCUT2D eigenvalue weighted by molar-refractivity contribution is 8.00. The topological polar surface area (TPSA) is 87.1 Å². The quantitative estimate of drug-likeness (QED) is 0.803. The molecule has 0 fully saturated rings. The smallest absolute Gasteiger partial charge is 0.332 e. The molecule has 2 aromatic rings. The van der Waals surface area contributed by atoms with Gasteiger partial charge in [0.15, 0.2) is 5.78 Å². The SMILES string of the molecule is CC(SC(C)c1ccc(Cl)cc1)C(=O)c1c(N)n(C)c(=O)n(C)c1=O. The molecule has 25 heavy (non-hydrogen) atoms. The molecule has 1 aromatic carbocycles. The van der Waals surface area contributed by atoms with Gasteiger partial charge in [-0.3, -0.25) is 18.7 Å². The largest absolute Gasteiger partial charge is 0.384 e. The molecular weight excluding hydrogens is 362 g/mol. The van der Waals surface area contributed by atoms with Crippen LogP contribution < -0.4 is 17.0 Å². The molecule has 2 N–H and O–H groups in total. The number of ketones is 1. The van der Waals surface area contributed by atoms with Gasteiger partial charge in [-0.25, -0.2) is 4.79 Å². The molecule has 6 nitrogen and oxygen atoms in total. The molecular formula is C17H20ClN3O3S. The zero-order chi connectivity index (χ0) is 18.9. The third kappa shape index (κ3) is 3.82. The Morgan fingerprint density at radius 3 is 2.24 bits per heavy atom. The van der Waals surface area contributed by atoms with Crippen LogP contribution in [-0.4, -0.2) is 20.2 Å². The van der Waals surface area contributed by atoms with Crippen molar-refractivity contribution in [1.29, 1.82) is 0 Å². The van der Waals surface area contributed by atoms with Crippen LogP contribution in [0.4, 0.5) is 5.82 Å².